The SMILES string of the molecule is COc1cccc(C2/C(=C(/O)c3cnn(-c4ccccc4)c3C)C(=O)C(=O)N2CCCN(C)C)c1OC. The highest BCUT2D eigenvalue weighted by atomic mass is 16.5. The summed E-state index contributed by atoms with van der Waals surface area (Å²) in [6.07, 6.45) is 2.16. The van der Waals surface area contributed by atoms with E-state index in [1.165, 1.54) is 25.3 Å². The lowest BCUT2D eigenvalue weighted by molar-refractivity contribution is -0.140. The molecule has 2 aromatic carbocycles. The molecule has 9 nitrogen and oxygen atoms in total. The Morgan fingerprint density at radius 3 is 2.43 bits per heavy atom. The number of nitrogens with zero attached hydrogens (tertiary/aromatic N) is 4. The highest BCUT2D eigenvalue weighted by Gasteiger charge is 2.47. The van der Waals surface area contributed by atoms with E-state index in [4.69, 9.17) is 9.47 Å². The van der Waals surface area contributed by atoms with E-state index in [2.05, 4.69) is 5.10 Å². The fraction of sp³-hybridized carbons (Fsp3) is 0.321. The molecule has 37 heavy (non-hydrogen) atoms. The number of likely N-dealkylation sites (tertiary alicyclic amines) is 1. The molecule has 9 heteroatoms. The van der Waals surface area contributed by atoms with Gasteiger partial charge in [0.2, 0.25) is 0 Å². The fourth-order valence-electron chi connectivity index (χ4n) is 4.74. The van der Waals surface area contributed by atoms with Gasteiger partial charge in [0, 0.05) is 12.1 Å². The Hall–Kier alpha value is -4.11. The summed E-state index contributed by atoms with van der Waals surface area (Å²) in [6, 6.07) is 13.9. The van der Waals surface area contributed by atoms with Gasteiger partial charge in [-0.2, -0.15) is 5.10 Å². The first-order valence-electron chi connectivity index (χ1n) is 12.0. The average Bonchev–Trinajstić information content (AvgIpc) is 3.40. The largest absolute Gasteiger partial charge is 0.507 e. The Morgan fingerprint density at radius 2 is 1.78 bits per heavy atom. The number of hydrogen-bond donors (Lipinski definition) is 1. The Morgan fingerprint density at radius 1 is 1.05 bits per heavy atom. The Balaban J connectivity index is 1.88. The van der Waals surface area contributed by atoms with Gasteiger partial charge in [0.25, 0.3) is 11.7 Å². The van der Waals surface area contributed by atoms with Crippen LogP contribution in [0.25, 0.3) is 11.4 Å². The first-order chi connectivity index (χ1) is 17.8. The number of Topliss-reactive ketones (excluding diaryl/α,β-unsaturated/α-hetero) is 1. The van der Waals surface area contributed by atoms with Crippen LogP contribution in [-0.2, 0) is 9.59 Å². The van der Waals surface area contributed by atoms with Crippen molar-refractivity contribution in [2.45, 2.75) is 19.4 Å². The van der Waals surface area contributed by atoms with Crippen LogP contribution in [0.5, 0.6) is 11.5 Å². The number of carbonyl (C=O) groups excluding carboxylic acids is 2. The van der Waals surface area contributed by atoms with Crippen LogP contribution in [0.3, 0.4) is 0 Å². The van der Waals surface area contributed by atoms with E-state index in [1.54, 1.807) is 22.9 Å². The fourth-order valence-corrected chi connectivity index (χ4v) is 4.74. The van der Waals surface area contributed by atoms with E-state index in [0.29, 0.717) is 41.3 Å². The Labute approximate surface area is 216 Å². The molecule has 0 radical (unpaired) electrons. The summed E-state index contributed by atoms with van der Waals surface area (Å²) in [5.41, 5.74) is 2.38. The maximum Gasteiger partial charge on any atom is 0.295 e. The minimum Gasteiger partial charge on any atom is -0.507 e. The summed E-state index contributed by atoms with van der Waals surface area (Å²) in [4.78, 5) is 30.3. The van der Waals surface area contributed by atoms with Gasteiger partial charge in [-0.3, -0.25) is 9.59 Å². The number of rotatable bonds is 9. The molecule has 194 valence electrons. The number of aliphatic hydroxyl groups excluding tert-OH is 1. The van der Waals surface area contributed by atoms with Gasteiger partial charge < -0.3 is 24.4 Å². The van der Waals surface area contributed by atoms with Gasteiger partial charge in [-0.1, -0.05) is 30.3 Å². The van der Waals surface area contributed by atoms with E-state index in [0.717, 1.165) is 12.2 Å². The molecule has 1 fully saturated rings. The Kier molecular flexibility index (Phi) is 7.63. The second-order valence-electron chi connectivity index (χ2n) is 9.12. The van der Waals surface area contributed by atoms with Crippen molar-refractivity contribution >= 4 is 17.4 Å². The normalized spacial score (nSPS) is 17.0. The molecular weight excluding hydrogens is 472 g/mol. The quantitative estimate of drug-likeness (QED) is 0.270. The summed E-state index contributed by atoms with van der Waals surface area (Å²) in [7, 11) is 6.93. The second-order valence-corrected chi connectivity index (χ2v) is 9.12. The standard InChI is InChI=1S/C28H32N4O5/c1-18-21(17-29-32(18)19-11-7-6-8-12-19)25(33)23-24(20-13-9-14-22(36-4)27(20)37-5)31(28(35)26(23)34)16-10-15-30(2)3/h6-9,11-14,17,24,33H,10,15-16H2,1-5H3/b25-23-. The smallest absolute Gasteiger partial charge is 0.295 e. The summed E-state index contributed by atoms with van der Waals surface area (Å²) in [6.45, 7) is 2.87. The van der Waals surface area contributed by atoms with Crippen molar-refractivity contribution in [3.05, 3.63) is 77.1 Å². The molecule has 1 aromatic heterocycles. The van der Waals surface area contributed by atoms with Crippen LogP contribution in [-0.4, -0.2) is 77.8 Å². The number of aromatic nitrogens is 2. The molecule has 3 aromatic rings. The molecule has 0 aliphatic carbocycles. The van der Waals surface area contributed by atoms with Gasteiger partial charge in [0.15, 0.2) is 11.5 Å². The Bertz CT molecular complexity index is 1330. The van der Waals surface area contributed by atoms with Crippen LogP contribution < -0.4 is 9.47 Å². The number of para-hydroxylation sites is 2. The van der Waals surface area contributed by atoms with Crippen molar-refractivity contribution in [1.82, 2.24) is 19.6 Å². The molecule has 1 N–H and O–H groups in total. The van der Waals surface area contributed by atoms with Crippen LogP contribution in [0.4, 0.5) is 0 Å². The summed E-state index contributed by atoms with van der Waals surface area (Å²) >= 11 is 0. The van der Waals surface area contributed by atoms with Gasteiger partial charge in [-0.25, -0.2) is 4.68 Å². The van der Waals surface area contributed by atoms with Crippen molar-refractivity contribution < 1.29 is 24.2 Å². The van der Waals surface area contributed by atoms with E-state index < -0.39 is 17.7 Å². The maximum absolute atomic E-state index is 13.4. The lowest BCUT2D eigenvalue weighted by Crippen LogP contribution is -2.32. The first kappa shape index (κ1) is 26.0. The van der Waals surface area contributed by atoms with Gasteiger partial charge in [-0.05, 0) is 52.2 Å². The molecule has 1 saturated heterocycles. The number of benzene rings is 2. The van der Waals surface area contributed by atoms with E-state index in [-0.39, 0.29) is 11.3 Å². The number of ketones is 1. The van der Waals surface area contributed by atoms with Crippen molar-refractivity contribution in [3.63, 3.8) is 0 Å². The zero-order chi connectivity index (χ0) is 26.7. The third-order valence-corrected chi connectivity index (χ3v) is 6.54. The van der Waals surface area contributed by atoms with Gasteiger partial charge in [0.05, 0.1) is 49.0 Å². The van der Waals surface area contributed by atoms with Crippen LogP contribution in [0, 0.1) is 6.92 Å². The lowest BCUT2D eigenvalue weighted by Gasteiger charge is -2.27. The lowest BCUT2D eigenvalue weighted by atomic mass is 9.94. The predicted octanol–water partition coefficient (Wildman–Crippen LogP) is 3.57. The summed E-state index contributed by atoms with van der Waals surface area (Å²) in [5, 5.41) is 16.0. The van der Waals surface area contributed by atoms with Crippen LogP contribution in [0.15, 0.2) is 60.3 Å². The minimum absolute atomic E-state index is 0.00267. The van der Waals surface area contributed by atoms with Crippen molar-refractivity contribution in [2.75, 3.05) is 41.4 Å². The van der Waals surface area contributed by atoms with Crippen LogP contribution in [0.2, 0.25) is 0 Å². The second kappa shape index (κ2) is 10.9. The zero-order valence-electron chi connectivity index (χ0n) is 21.8. The molecule has 0 spiro atoms. The zero-order valence-corrected chi connectivity index (χ0v) is 21.8. The molecule has 1 atom stereocenters. The number of methoxy groups -OCH3 is 2. The highest BCUT2D eigenvalue weighted by molar-refractivity contribution is 6.46. The minimum atomic E-state index is -0.855. The van der Waals surface area contributed by atoms with Gasteiger partial charge >= 0.3 is 0 Å². The maximum atomic E-state index is 13.4. The van der Waals surface area contributed by atoms with E-state index in [9.17, 15) is 14.7 Å². The molecule has 2 heterocycles. The molecule has 1 aliphatic rings. The van der Waals surface area contributed by atoms with Gasteiger partial charge in [-0.15, -0.1) is 0 Å². The van der Waals surface area contributed by atoms with Crippen LogP contribution in [0.1, 0.15) is 29.3 Å². The molecule has 1 aliphatic heterocycles. The van der Waals surface area contributed by atoms with Crippen LogP contribution >= 0.6 is 0 Å². The number of aliphatic hydroxyl groups is 1. The molecule has 4 rings (SSSR count). The average molecular weight is 505 g/mol. The van der Waals surface area contributed by atoms with E-state index >= 15 is 0 Å². The third kappa shape index (κ3) is 4.82. The molecule has 0 saturated carbocycles. The molecule has 1 amide bonds. The summed E-state index contributed by atoms with van der Waals surface area (Å²) < 4.78 is 12.8. The van der Waals surface area contributed by atoms with Crippen molar-refractivity contribution in [3.8, 4) is 17.2 Å². The topological polar surface area (TPSA) is 97.1 Å². The number of ether oxygens (including phenoxy) is 2. The van der Waals surface area contributed by atoms with Gasteiger partial charge in [0.1, 0.15) is 5.76 Å². The number of hydrogen-bond acceptors (Lipinski definition) is 7. The monoisotopic (exact) mass is 504 g/mol. The number of carbonyl (C=O) groups is 2. The first-order valence-corrected chi connectivity index (χ1v) is 12.0. The van der Waals surface area contributed by atoms with E-state index in [1.807, 2.05) is 56.3 Å². The van der Waals surface area contributed by atoms with Crippen molar-refractivity contribution in [2.24, 2.45) is 0 Å². The van der Waals surface area contributed by atoms with Crippen molar-refractivity contribution in [1.29, 1.82) is 0 Å². The predicted molar refractivity (Wildman–Crippen MR) is 140 cm³/mol. The molecular formula is C28H32N4O5. The molecule has 0 bridgehead atoms. The summed E-state index contributed by atoms with van der Waals surface area (Å²) in [5.74, 6) is -0.820. The number of amides is 1. The highest BCUT2D eigenvalue weighted by Crippen LogP contribution is 2.45. The third-order valence-electron chi connectivity index (χ3n) is 6.54. The molecule has 1 unspecified atom stereocenters.